The highest BCUT2D eigenvalue weighted by molar-refractivity contribution is 5.86. The monoisotopic (exact) mass is 254 g/mol. The summed E-state index contributed by atoms with van der Waals surface area (Å²) >= 11 is 0. The molecule has 0 aromatic carbocycles. The van der Waals surface area contributed by atoms with Crippen LogP contribution in [0.5, 0.6) is 0 Å². The Labute approximate surface area is 110 Å². The van der Waals surface area contributed by atoms with Crippen LogP contribution in [0.15, 0.2) is 4.99 Å². The van der Waals surface area contributed by atoms with Gasteiger partial charge in [0, 0.05) is 25.7 Å². The fraction of sp³-hybridized carbons (Fsp3) is 0.846. The van der Waals surface area contributed by atoms with Crippen LogP contribution in [0.4, 0.5) is 0 Å². The Morgan fingerprint density at radius 1 is 1.22 bits per heavy atom. The molecule has 0 radical (unpaired) electrons. The molecule has 1 amide bonds. The van der Waals surface area contributed by atoms with E-state index in [4.69, 9.17) is 0 Å². The van der Waals surface area contributed by atoms with Crippen molar-refractivity contribution in [3.8, 4) is 0 Å². The molecule has 1 aliphatic rings. The first kappa shape index (κ1) is 14.8. The van der Waals surface area contributed by atoms with E-state index in [0.717, 1.165) is 25.9 Å². The van der Waals surface area contributed by atoms with E-state index >= 15 is 0 Å². The molecule has 0 aromatic rings. The second kappa shape index (κ2) is 6.61. The number of piperidine rings is 1. The van der Waals surface area contributed by atoms with E-state index in [0.29, 0.717) is 12.5 Å². The Morgan fingerprint density at radius 3 is 2.33 bits per heavy atom. The maximum Gasteiger partial charge on any atom is 0.241 e. The average Bonchev–Trinajstić information content (AvgIpc) is 2.33. The van der Waals surface area contributed by atoms with Crippen LogP contribution in [-0.2, 0) is 4.79 Å². The maximum atomic E-state index is 12.0. The van der Waals surface area contributed by atoms with E-state index in [9.17, 15) is 4.79 Å². The number of rotatable bonds is 2. The summed E-state index contributed by atoms with van der Waals surface area (Å²) in [6.07, 6.45) is 3.49. The molecule has 5 heteroatoms. The van der Waals surface area contributed by atoms with Gasteiger partial charge in [-0.2, -0.15) is 0 Å². The third-order valence-electron chi connectivity index (χ3n) is 2.83. The van der Waals surface area contributed by atoms with Crippen molar-refractivity contribution in [2.75, 3.05) is 26.7 Å². The molecule has 2 N–H and O–H groups in total. The lowest BCUT2D eigenvalue weighted by molar-refractivity contribution is -0.130. The van der Waals surface area contributed by atoms with Crippen LogP contribution in [0, 0.1) is 0 Å². The number of amides is 1. The molecule has 0 atom stereocenters. The maximum absolute atomic E-state index is 12.0. The molecule has 0 aliphatic carbocycles. The van der Waals surface area contributed by atoms with Crippen LogP contribution in [0.25, 0.3) is 0 Å². The first-order chi connectivity index (χ1) is 8.42. The summed E-state index contributed by atoms with van der Waals surface area (Å²) in [7, 11) is 1.71. The second-order valence-corrected chi connectivity index (χ2v) is 5.74. The molecule has 1 aliphatic heterocycles. The highest BCUT2D eigenvalue weighted by Gasteiger charge is 2.17. The molecule has 0 bridgehead atoms. The standard InChI is InChI=1S/C13H26N4O/c1-13(2,3)16-12(14-4)15-10-11(18)17-8-6-5-7-9-17/h5-10H2,1-4H3,(H2,14,15,16). The van der Waals surface area contributed by atoms with E-state index in [2.05, 4.69) is 36.4 Å². The fourth-order valence-electron chi connectivity index (χ4n) is 1.95. The lowest BCUT2D eigenvalue weighted by Gasteiger charge is -2.28. The van der Waals surface area contributed by atoms with Gasteiger partial charge in [-0.15, -0.1) is 0 Å². The van der Waals surface area contributed by atoms with Gasteiger partial charge < -0.3 is 15.5 Å². The molecule has 0 aromatic heterocycles. The molecular formula is C13H26N4O. The summed E-state index contributed by atoms with van der Waals surface area (Å²) in [6, 6.07) is 0. The lowest BCUT2D eigenvalue weighted by Crippen LogP contribution is -2.50. The molecule has 0 spiro atoms. The summed E-state index contributed by atoms with van der Waals surface area (Å²) in [6.45, 7) is 8.29. The summed E-state index contributed by atoms with van der Waals surface area (Å²) in [5, 5.41) is 6.30. The SMILES string of the molecule is CN=C(NCC(=O)N1CCCCC1)NC(C)(C)C. The number of hydrogen-bond donors (Lipinski definition) is 2. The highest BCUT2D eigenvalue weighted by atomic mass is 16.2. The highest BCUT2D eigenvalue weighted by Crippen LogP contribution is 2.08. The number of carbonyl (C=O) groups excluding carboxylic acids is 1. The Balaban J connectivity index is 2.36. The van der Waals surface area contributed by atoms with Crippen LogP contribution in [-0.4, -0.2) is 49.0 Å². The molecule has 18 heavy (non-hydrogen) atoms. The van der Waals surface area contributed by atoms with Crippen molar-refractivity contribution < 1.29 is 4.79 Å². The van der Waals surface area contributed by atoms with Gasteiger partial charge in [0.25, 0.3) is 0 Å². The summed E-state index contributed by atoms with van der Waals surface area (Å²) in [5.41, 5.74) is -0.0595. The van der Waals surface area contributed by atoms with E-state index in [1.54, 1.807) is 7.05 Å². The minimum Gasteiger partial charge on any atom is -0.352 e. The molecule has 1 heterocycles. The minimum absolute atomic E-state index is 0.0595. The van der Waals surface area contributed by atoms with Crippen molar-refractivity contribution in [2.24, 2.45) is 4.99 Å². The number of carbonyl (C=O) groups is 1. The number of guanidine groups is 1. The Bertz CT molecular complexity index is 301. The minimum atomic E-state index is -0.0595. The lowest BCUT2D eigenvalue weighted by atomic mass is 10.1. The van der Waals surface area contributed by atoms with E-state index in [1.165, 1.54) is 6.42 Å². The summed E-state index contributed by atoms with van der Waals surface area (Å²) in [4.78, 5) is 18.0. The largest absolute Gasteiger partial charge is 0.352 e. The van der Waals surface area contributed by atoms with Crippen molar-refractivity contribution in [2.45, 2.75) is 45.6 Å². The number of aliphatic imine (C=N–C) groups is 1. The smallest absolute Gasteiger partial charge is 0.241 e. The number of likely N-dealkylation sites (tertiary alicyclic amines) is 1. The third kappa shape index (κ3) is 5.38. The quantitative estimate of drug-likeness (QED) is 0.570. The van der Waals surface area contributed by atoms with Gasteiger partial charge in [-0.05, 0) is 40.0 Å². The number of nitrogens with zero attached hydrogens (tertiary/aromatic N) is 2. The van der Waals surface area contributed by atoms with Crippen molar-refractivity contribution in [1.82, 2.24) is 15.5 Å². The molecule has 5 nitrogen and oxygen atoms in total. The molecule has 104 valence electrons. The predicted molar refractivity (Wildman–Crippen MR) is 74.7 cm³/mol. The zero-order chi connectivity index (χ0) is 13.6. The van der Waals surface area contributed by atoms with Crippen LogP contribution < -0.4 is 10.6 Å². The van der Waals surface area contributed by atoms with Gasteiger partial charge in [0.15, 0.2) is 5.96 Å². The van der Waals surface area contributed by atoms with Crippen molar-refractivity contribution in [3.63, 3.8) is 0 Å². The normalized spacial score (nSPS) is 17.6. The number of nitrogens with one attached hydrogen (secondary N) is 2. The molecule has 1 saturated heterocycles. The average molecular weight is 254 g/mol. The Kier molecular flexibility index (Phi) is 5.44. The molecular weight excluding hydrogens is 228 g/mol. The van der Waals surface area contributed by atoms with Crippen molar-refractivity contribution in [1.29, 1.82) is 0 Å². The zero-order valence-corrected chi connectivity index (χ0v) is 12.0. The Hall–Kier alpha value is -1.26. The molecule has 0 unspecified atom stereocenters. The predicted octanol–water partition coefficient (Wildman–Crippen LogP) is 0.962. The van der Waals surface area contributed by atoms with Gasteiger partial charge in [0.2, 0.25) is 5.91 Å². The van der Waals surface area contributed by atoms with Crippen LogP contribution in [0.3, 0.4) is 0 Å². The molecule has 1 fully saturated rings. The topological polar surface area (TPSA) is 56.7 Å². The van der Waals surface area contributed by atoms with Gasteiger partial charge in [-0.25, -0.2) is 0 Å². The number of hydrogen-bond acceptors (Lipinski definition) is 2. The summed E-state index contributed by atoms with van der Waals surface area (Å²) < 4.78 is 0. The van der Waals surface area contributed by atoms with Gasteiger partial charge in [-0.3, -0.25) is 9.79 Å². The summed E-state index contributed by atoms with van der Waals surface area (Å²) in [5.74, 6) is 0.833. The van der Waals surface area contributed by atoms with Crippen molar-refractivity contribution in [3.05, 3.63) is 0 Å². The van der Waals surface area contributed by atoms with Gasteiger partial charge in [0.1, 0.15) is 0 Å². The molecule has 0 saturated carbocycles. The Morgan fingerprint density at radius 2 is 1.83 bits per heavy atom. The molecule has 1 rings (SSSR count). The van der Waals surface area contributed by atoms with E-state index in [1.807, 2.05) is 4.90 Å². The first-order valence-electron chi connectivity index (χ1n) is 6.69. The van der Waals surface area contributed by atoms with E-state index < -0.39 is 0 Å². The first-order valence-corrected chi connectivity index (χ1v) is 6.69. The van der Waals surface area contributed by atoms with E-state index in [-0.39, 0.29) is 11.4 Å². The van der Waals surface area contributed by atoms with Crippen LogP contribution in [0.1, 0.15) is 40.0 Å². The fourth-order valence-corrected chi connectivity index (χ4v) is 1.95. The van der Waals surface area contributed by atoms with Crippen LogP contribution >= 0.6 is 0 Å². The third-order valence-corrected chi connectivity index (χ3v) is 2.83. The van der Waals surface area contributed by atoms with Crippen molar-refractivity contribution >= 4 is 11.9 Å². The van der Waals surface area contributed by atoms with Gasteiger partial charge in [-0.1, -0.05) is 0 Å². The van der Waals surface area contributed by atoms with Crippen LogP contribution in [0.2, 0.25) is 0 Å². The van der Waals surface area contributed by atoms with Gasteiger partial charge >= 0.3 is 0 Å². The van der Waals surface area contributed by atoms with Gasteiger partial charge in [0.05, 0.1) is 6.54 Å². The second-order valence-electron chi connectivity index (χ2n) is 5.74. The zero-order valence-electron chi connectivity index (χ0n) is 12.0.